The Labute approximate surface area is 413 Å². The highest BCUT2D eigenvalue weighted by Gasteiger charge is 2.33. The highest BCUT2D eigenvalue weighted by atomic mass is 16.6. The van der Waals surface area contributed by atoms with Crippen molar-refractivity contribution in [1.82, 2.24) is 10.6 Å². The Morgan fingerprint density at radius 3 is 1.42 bits per heavy atom. The molecule has 71 heavy (non-hydrogen) atoms. The van der Waals surface area contributed by atoms with E-state index < -0.39 is 41.9 Å². The first kappa shape index (κ1) is 51.8. The fourth-order valence-corrected chi connectivity index (χ4v) is 6.86. The molecule has 0 aliphatic heterocycles. The topological polar surface area (TPSA) is 173 Å². The highest BCUT2D eigenvalue weighted by molar-refractivity contribution is 6.17. The normalized spacial score (nSPS) is 11.2. The molecule has 0 aromatic heterocycles. The molecule has 0 aliphatic carbocycles. The number of ether oxygens (including phenoxy) is 5. The Kier molecular flexibility index (Phi) is 20.5. The van der Waals surface area contributed by atoms with E-state index in [0.717, 1.165) is 41.5 Å². The third-order valence-electron chi connectivity index (χ3n) is 10.7. The van der Waals surface area contributed by atoms with Crippen LogP contribution >= 0.6 is 0 Å². The van der Waals surface area contributed by atoms with Crippen molar-refractivity contribution in [1.29, 1.82) is 0 Å². The summed E-state index contributed by atoms with van der Waals surface area (Å²) in [4.78, 5) is 80.0. The molecule has 6 rings (SSSR count). The molecule has 0 unspecified atom stereocenters. The highest BCUT2D eigenvalue weighted by Crippen LogP contribution is 2.19. The molecule has 0 saturated heterocycles. The first-order valence-corrected chi connectivity index (χ1v) is 23.3. The first-order chi connectivity index (χ1) is 34.6. The van der Waals surface area contributed by atoms with Crippen LogP contribution in [-0.4, -0.2) is 54.4 Å². The number of carbonyl (C=O) groups is 6. The zero-order valence-electron chi connectivity index (χ0n) is 39.4. The van der Waals surface area contributed by atoms with Crippen molar-refractivity contribution in [3.63, 3.8) is 0 Å². The summed E-state index contributed by atoms with van der Waals surface area (Å²) in [5, 5.41) is 5.73. The molecule has 13 nitrogen and oxygen atoms in total. The average molecular weight is 957 g/mol. The Hall–Kier alpha value is -8.58. The summed E-state index contributed by atoms with van der Waals surface area (Å²) in [6.45, 7) is 2.25. The van der Waals surface area contributed by atoms with Crippen LogP contribution in [0.2, 0.25) is 0 Å². The van der Waals surface area contributed by atoms with Crippen molar-refractivity contribution in [2.45, 2.75) is 71.2 Å². The van der Waals surface area contributed by atoms with Gasteiger partial charge in [0.15, 0.2) is 0 Å². The largest absolute Gasteiger partial charge is 0.467 e. The number of esters is 4. The fourth-order valence-electron chi connectivity index (χ4n) is 6.86. The Bertz CT molecular complexity index is 2600. The standard InChI is InChI=1S/C58H56N2O11/c1-2-3-16-35-59-54(62)51(37-44-29-32-49(33-30-44)71-53(57(65)69-40-47-21-12-6-13-22-47)58(66)70-41-48-23-14-7-15-24-48)60-52(61)34-31-42-25-27-43(28-26-42)36-50(55(63)67-38-45-17-8-4-9-18-45)56(64)68-39-46-19-10-5-11-20-46/h4-15,17-34,36,51,53H,2-3,16,35,37-41H2,1H3,(H,59,62)(H,60,61)/t51-/m0/s1. The minimum Gasteiger partial charge on any atom is -0.467 e. The second kappa shape index (κ2) is 28.0. The van der Waals surface area contributed by atoms with Gasteiger partial charge in [-0.15, -0.1) is 0 Å². The van der Waals surface area contributed by atoms with Gasteiger partial charge in [0.25, 0.3) is 6.10 Å². The Morgan fingerprint density at radius 2 is 0.958 bits per heavy atom. The van der Waals surface area contributed by atoms with Crippen LogP contribution in [0, 0.1) is 0 Å². The number of hydrogen-bond donors (Lipinski definition) is 2. The average Bonchev–Trinajstić information content (AvgIpc) is 3.41. The van der Waals surface area contributed by atoms with E-state index >= 15 is 0 Å². The molecule has 364 valence electrons. The minimum atomic E-state index is -1.73. The minimum absolute atomic E-state index is 0.0388. The molecular formula is C58H56N2O11. The van der Waals surface area contributed by atoms with Gasteiger partial charge in [0.2, 0.25) is 11.8 Å². The van der Waals surface area contributed by atoms with Crippen LogP contribution in [0.4, 0.5) is 0 Å². The van der Waals surface area contributed by atoms with E-state index in [0.29, 0.717) is 23.2 Å². The van der Waals surface area contributed by atoms with Gasteiger partial charge in [-0.05, 0) is 69.6 Å². The summed E-state index contributed by atoms with van der Waals surface area (Å²) in [5.74, 6) is -4.28. The summed E-state index contributed by atoms with van der Waals surface area (Å²) in [6, 6.07) is 48.5. The number of amides is 2. The molecule has 0 aliphatic rings. The molecule has 2 N–H and O–H groups in total. The third-order valence-corrected chi connectivity index (χ3v) is 10.7. The van der Waals surface area contributed by atoms with Crippen molar-refractivity contribution in [3.8, 4) is 5.75 Å². The van der Waals surface area contributed by atoms with Gasteiger partial charge in [-0.25, -0.2) is 19.2 Å². The lowest BCUT2D eigenvalue weighted by Gasteiger charge is -2.19. The molecule has 2 amide bonds. The number of unbranched alkanes of at least 4 members (excludes halogenated alkanes) is 2. The summed E-state index contributed by atoms with van der Waals surface area (Å²) in [5.41, 5.74) is 4.45. The predicted molar refractivity (Wildman–Crippen MR) is 267 cm³/mol. The Balaban J connectivity index is 1.11. The van der Waals surface area contributed by atoms with E-state index in [1.807, 2.05) is 48.5 Å². The van der Waals surface area contributed by atoms with Gasteiger partial charge >= 0.3 is 23.9 Å². The van der Waals surface area contributed by atoms with Gasteiger partial charge in [0.05, 0.1) is 0 Å². The van der Waals surface area contributed by atoms with Crippen LogP contribution < -0.4 is 15.4 Å². The van der Waals surface area contributed by atoms with E-state index in [-0.39, 0.29) is 50.1 Å². The molecule has 0 radical (unpaired) electrons. The molecule has 6 aromatic carbocycles. The maximum Gasteiger partial charge on any atom is 0.359 e. The smallest absolute Gasteiger partial charge is 0.359 e. The van der Waals surface area contributed by atoms with E-state index in [1.165, 1.54) is 12.2 Å². The van der Waals surface area contributed by atoms with Crippen molar-refractivity contribution < 1.29 is 52.5 Å². The van der Waals surface area contributed by atoms with Gasteiger partial charge in [-0.2, -0.15) is 0 Å². The van der Waals surface area contributed by atoms with E-state index in [9.17, 15) is 28.8 Å². The van der Waals surface area contributed by atoms with Crippen LogP contribution in [0.25, 0.3) is 12.2 Å². The maximum absolute atomic E-state index is 13.5. The number of nitrogens with one attached hydrogen (secondary N) is 2. The van der Waals surface area contributed by atoms with Crippen LogP contribution in [-0.2, 0) is 80.6 Å². The van der Waals surface area contributed by atoms with Gasteiger partial charge in [-0.3, -0.25) is 9.59 Å². The maximum atomic E-state index is 13.5. The molecule has 6 aromatic rings. The monoisotopic (exact) mass is 956 g/mol. The second-order valence-electron chi connectivity index (χ2n) is 16.3. The first-order valence-electron chi connectivity index (χ1n) is 23.3. The van der Waals surface area contributed by atoms with Gasteiger partial charge in [0.1, 0.15) is 43.8 Å². The molecule has 0 spiro atoms. The van der Waals surface area contributed by atoms with Crippen molar-refractivity contribution in [3.05, 3.63) is 220 Å². The predicted octanol–water partition coefficient (Wildman–Crippen LogP) is 8.84. The Morgan fingerprint density at radius 1 is 0.507 bits per heavy atom. The van der Waals surface area contributed by atoms with E-state index in [4.69, 9.17) is 23.7 Å². The second-order valence-corrected chi connectivity index (χ2v) is 16.3. The van der Waals surface area contributed by atoms with Crippen LogP contribution in [0.5, 0.6) is 5.75 Å². The quantitative estimate of drug-likeness (QED) is 0.0140. The molecule has 13 heteroatoms. The zero-order valence-corrected chi connectivity index (χ0v) is 39.4. The zero-order chi connectivity index (χ0) is 50.0. The summed E-state index contributed by atoms with van der Waals surface area (Å²) >= 11 is 0. The molecular weight excluding hydrogens is 901 g/mol. The van der Waals surface area contributed by atoms with Crippen molar-refractivity contribution in [2.75, 3.05) is 6.54 Å². The van der Waals surface area contributed by atoms with Gasteiger partial charge < -0.3 is 34.3 Å². The summed E-state index contributed by atoms with van der Waals surface area (Å²) in [7, 11) is 0. The lowest BCUT2D eigenvalue weighted by molar-refractivity contribution is -0.168. The third kappa shape index (κ3) is 17.8. The van der Waals surface area contributed by atoms with Crippen LogP contribution in [0.3, 0.4) is 0 Å². The SMILES string of the molecule is CCCCCNC(=O)[C@H](Cc1ccc(OC(C(=O)OCc2ccccc2)C(=O)OCc2ccccc2)cc1)NC(=O)C=Cc1ccc(C=C(C(=O)OCc2ccccc2)C(=O)OCc2ccccc2)cc1. The van der Waals surface area contributed by atoms with Crippen LogP contribution in [0.1, 0.15) is 65.1 Å². The lowest BCUT2D eigenvalue weighted by Crippen LogP contribution is -2.47. The molecule has 1 atom stereocenters. The number of carbonyl (C=O) groups excluding carboxylic acids is 6. The summed E-state index contributed by atoms with van der Waals surface area (Å²) < 4.78 is 27.8. The molecule has 0 fully saturated rings. The van der Waals surface area contributed by atoms with Crippen LogP contribution in [0.15, 0.2) is 182 Å². The lowest BCUT2D eigenvalue weighted by atomic mass is 10.0. The number of hydrogen-bond acceptors (Lipinski definition) is 11. The number of benzene rings is 6. The van der Waals surface area contributed by atoms with E-state index in [2.05, 4.69) is 17.6 Å². The number of rotatable bonds is 25. The van der Waals surface area contributed by atoms with Gasteiger partial charge in [0, 0.05) is 19.0 Å². The summed E-state index contributed by atoms with van der Waals surface area (Å²) in [6.07, 6.45) is 5.31. The van der Waals surface area contributed by atoms with Crippen molar-refractivity contribution in [2.24, 2.45) is 0 Å². The fraction of sp³-hybridized carbons (Fsp3) is 0.207. The molecule has 0 saturated carbocycles. The molecule has 0 heterocycles. The van der Waals surface area contributed by atoms with E-state index in [1.54, 1.807) is 127 Å². The van der Waals surface area contributed by atoms with Gasteiger partial charge in [-0.1, -0.05) is 177 Å². The van der Waals surface area contributed by atoms with Crippen molar-refractivity contribution >= 4 is 47.8 Å². The molecule has 0 bridgehead atoms.